The Kier molecular flexibility index (Phi) is 4.91. The molecule has 4 heteroatoms. The highest BCUT2D eigenvalue weighted by atomic mass is 127. The molecule has 1 unspecified atom stereocenters. The quantitative estimate of drug-likeness (QED) is 0.810. The van der Waals surface area contributed by atoms with Crippen molar-refractivity contribution in [1.29, 1.82) is 0 Å². The molecule has 0 aliphatic carbocycles. The van der Waals surface area contributed by atoms with Crippen molar-refractivity contribution in [1.82, 2.24) is 10.3 Å². The fourth-order valence-electron chi connectivity index (χ4n) is 1.79. The summed E-state index contributed by atoms with van der Waals surface area (Å²) >= 11 is 2.36. The Morgan fingerprint density at radius 1 is 1.39 bits per heavy atom. The highest BCUT2D eigenvalue weighted by Gasteiger charge is 2.06. The summed E-state index contributed by atoms with van der Waals surface area (Å²) in [6.45, 7) is 3.35. The van der Waals surface area contributed by atoms with Gasteiger partial charge in [0, 0.05) is 28.2 Å². The summed E-state index contributed by atoms with van der Waals surface area (Å²) in [5, 5.41) is 13.9. The van der Waals surface area contributed by atoms with Crippen LogP contribution in [0.1, 0.15) is 18.9 Å². The summed E-state index contributed by atoms with van der Waals surface area (Å²) in [7, 11) is 0. The van der Waals surface area contributed by atoms with Crippen LogP contribution in [0, 0.1) is 3.57 Å². The predicted octanol–water partition coefficient (Wildman–Crippen LogP) is 2.70. The number of aliphatic hydroxyl groups excluding tert-OH is 1. The van der Waals surface area contributed by atoms with Crippen LogP contribution >= 0.6 is 22.6 Å². The minimum atomic E-state index is -0.268. The van der Waals surface area contributed by atoms with E-state index in [2.05, 4.69) is 39.0 Å². The van der Waals surface area contributed by atoms with Crippen molar-refractivity contribution in [2.75, 3.05) is 6.54 Å². The summed E-state index contributed by atoms with van der Waals surface area (Å²) in [4.78, 5) is 4.45. The zero-order valence-corrected chi connectivity index (χ0v) is 12.5. The first kappa shape index (κ1) is 13.7. The van der Waals surface area contributed by atoms with Gasteiger partial charge < -0.3 is 10.4 Å². The van der Waals surface area contributed by atoms with Crippen molar-refractivity contribution in [3.05, 3.63) is 39.6 Å². The van der Waals surface area contributed by atoms with E-state index in [1.54, 1.807) is 0 Å². The lowest BCUT2D eigenvalue weighted by molar-refractivity contribution is 0.167. The largest absolute Gasteiger partial charge is 0.392 e. The van der Waals surface area contributed by atoms with Crippen molar-refractivity contribution in [2.45, 2.75) is 26.0 Å². The summed E-state index contributed by atoms with van der Waals surface area (Å²) in [5.41, 5.74) is 2.21. The summed E-state index contributed by atoms with van der Waals surface area (Å²) in [5.74, 6) is 0. The Balaban J connectivity index is 2.12. The monoisotopic (exact) mass is 356 g/mol. The number of halogens is 1. The van der Waals surface area contributed by atoms with E-state index in [0.29, 0.717) is 6.54 Å². The molecule has 0 aliphatic rings. The molecule has 0 amide bonds. The molecular formula is C14H17IN2O. The molecule has 0 spiro atoms. The Morgan fingerprint density at radius 3 is 2.94 bits per heavy atom. The van der Waals surface area contributed by atoms with E-state index in [-0.39, 0.29) is 6.10 Å². The number of rotatable bonds is 5. The predicted molar refractivity (Wildman–Crippen MR) is 82.5 cm³/mol. The van der Waals surface area contributed by atoms with E-state index < -0.39 is 0 Å². The number of nitrogens with one attached hydrogen (secondary N) is 1. The van der Waals surface area contributed by atoms with E-state index in [1.165, 1.54) is 14.5 Å². The molecule has 0 fully saturated rings. The first-order chi connectivity index (χ1) is 8.72. The molecule has 0 saturated heterocycles. The van der Waals surface area contributed by atoms with E-state index in [0.717, 1.165) is 18.5 Å². The molecule has 2 rings (SSSR count). The van der Waals surface area contributed by atoms with Crippen molar-refractivity contribution < 1.29 is 5.11 Å². The highest BCUT2D eigenvalue weighted by Crippen LogP contribution is 2.21. The van der Waals surface area contributed by atoms with Crippen LogP contribution < -0.4 is 5.32 Å². The van der Waals surface area contributed by atoms with Gasteiger partial charge in [0.1, 0.15) is 0 Å². The van der Waals surface area contributed by atoms with Crippen LogP contribution in [0.4, 0.5) is 0 Å². The van der Waals surface area contributed by atoms with Crippen molar-refractivity contribution in [2.24, 2.45) is 0 Å². The van der Waals surface area contributed by atoms with Crippen LogP contribution in [0.15, 0.2) is 30.5 Å². The summed E-state index contributed by atoms with van der Waals surface area (Å²) in [6, 6.07) is 8.15. The van der Waals surface area contributed by atoms with Crippen LogP contribution in [0.2, 0.25) is 0 Å². The Bertz CT molecular complexity index is 530. The SMILES string of the molecule is CCC(O)CNCc1cnc2ccccc2c1I. The van der Waals surface area contributed by atoms with Gasteiger partial charge in [-0.2, -0.15) is 0 Å². The van der Waals surface area contributed by atoms with Crippen LogP contribution in [-0.4, -0.2) is 22.7 Å². The molecule has 0 aliphatic heterocycles. The maximum atomic E-state index is 9.50. The van der Waals surface area contributed by atoms with E-state index >= 15 is 0 Å². The third kappa shape index (κ3) is 3.18. The number of para-hydroxylation sites is 1. The third-order valence-electron chi connectivity index (χ3n) is 2.95. The zero-order valence-electron chi connectivity index (χ0n) is 10.4. The van der Waals surface area contributed by atoms with E-state index in [4.69, 9.17) is 0 Å². The summed E-state index contributed by atoms with van der Waals surface area (Å²) in [6.07, 6.45) is 2.42. The minimum absolute atomic E-state index is 0.268. The van der Waals surface area contributed by atoms with Gasteiger partial charge in [-0.3, -0.25) is 4.98 Å². The van der Waals surface area contributed by atoms with Gasteiger partial charge in [-0.1, -0.05) is 25.1 Å². The lowest BCUT2D eigenvalue weighted by Gasteiger charge is -2.11. The van der Waals surface area contributed by atoms with Crippen molar-refractivity contribution in [3.63, 3.8) is 0 Å². The third-order valence-corrected chi connectivity index (χ3v) is 4.22. The molecule has 2 N–H and O–H groups in total. The van der Waals surface area contributed by atoms with E-state index in [1.807, 2.05) is 31.3 Å². The first-order valence-corrected chi connectivity index (χ1v) is 7.21. The van der Waals surface area contributed by atoms with Crippen LogP contribution in [0.5, 0.6) is 0 Å². The van der Waals surface area contributed by atoms with Gasteiger partial charge in [0.05, 0.1) is 11.6 Å². The molecule has 1 heterocycles. The smallest absolute Gasteiger partial charge is 0.0712 e. The molecule has 1 aromatic heterocycles. The fraction of sp³-hybridized carbons (Fsp3) is 0.357. The zero-order chi connectivity index (χ0) is 13.0. The lowest BCUT2D eigenvalue weighted by atomic mass is 10.1. The van der Waals surface area contributed by atoms with Gasteiger partial charge in [-0.15, -0.1) is 0 Å². The van der Waals surface area contributed by atoms with Crippen molar-refractivity contribution >= 4 is 33.5 Å². The van der Waals surface area contributed by atoms with Gasteiger partial charge in [-0.25, -0.2) is 0 Å². The second-order valence-corrected chi connectivity index (χ2v) is 5.39. The Labute approximate surface area is 121 Å². The number of hydrogen-bond acceptors (Lipinski definition) is 3. The molecule has 0 saturated carbocycles. The number of aliphatic hydroxyl groups is 1. The number of aromatic nitrogens is 1. The number of hydrogen-bond donors (Lipinski definition) is 2. The molecule has 3 nitrogen and oxygen atoms in total. The molecule has 1 aromatic carbocycles. The lowest BCUT2D eigenvalue weighted by Crippen LogP contribution is -2.26. The van der Waals surface area contributed by atoms with Crippen LogP contribution in [0.25, 0.3) is 10.9 Å². The summed E-state index contributed by atoms with van der Waals surface area (Å²) < 4.78 is 1.23. The molecule has 18 heavy (non-hydrogen) atoms. The fourth-order valence-corrected chi connectivity index (χ4v) is 2.58. The normalized spacial score (nSPS) is 12.8. The number of fused-ring (bicyclic) bond motifs is 1. The molecule has 96 valence electrons. The van der Waals surface area contributed by atoms with Gasteiger partial charge in [0.15, 0.2) is 0 Å². The average molecular weight is 356 g/mol. The molecular weight excluding hydrogens is 339 g/mol. The van der Waals surface area contributed by atoms with Gasteiger partial charge in [0.25, 0.3) is 0 Å². The Morgan fingerprint density at radius 2 is 2.17 bits per heavy atom. The van der Waals surface area contributed by atoms with Crippen LogP contribution in [-0.2, 0) is 6.54 Å². The number of benzene rings is 1. The highest BCUT2D eigenvalue weighted by molar-refractivity contribution is 14.1. The van der Waals surface area contributed by atoms with Gasteiger partial charge >= 0.3 is 0 Å². The number of nitrogens with zero attached hydrogens (tertiary/aromatic N) is 1. The molecule has 1 atom stereocenters. The van der Waals surface area contributed by atoms with Gasteiger partial charge in [-0.05, 0) is 40.6 Å². The van der Waals surface area contributed by atoms with Gasteiger partial charge in [0.2, 0.25) is 0 Å². The second-order valence-electron chi connectivity index (χ2n) is 4.31. The number of pyridine rings is 1. The first-order valence-electron chi connectivity index (χ1n) is 6.13. The maximum Gasteiger partial charge on any atom is 0.0712 e. The second kappa shape index (κ2) is 6.45. The van der Waals surface area contributed by atoms with Crippen LogP contribution in [0.3, 0.4) is 0 Å². The van der Waals surface area contributed by atoms with E-state index in [9.17, 15) is 5.11 Å². The Hall–Kier alpha value is -0.720. The molecule has 2 aromatic rings. The van der Waals surface area contributed by atoms with Crippen molar-refractivity contribution in [3.8, 4) is 0 Å². The topological polar surface area (TPSA) is 45.1 Å². The average Bonchev–Trinajstić information content (AvgIpc) is 2.41. The maximum absolute atomic E-state index is 9.50. The minimum Gasteiger partial charge on any atom is -0.392 e. The molecule has 0 radical (unpaired) electrons. The molecule has 0 bridgehead atoms. The standard InChI is InChI=1S/C14H17IN2O/c1-2-11(18)9-16-7-10-8-17-13-6-4-3-5-12(13)14(10)15/h3-6,8,11,16,18H,2,7,9H2,1H3.